The van der Waals surface area contributed by atoms with Gasteiger partial charge in [0.25, 0.3) is 5.91 Å². The van der Waals surface area contributed by atoms with E-state index in [1.54, 1.807) is 29.1 Å². The molecule has 0 aliphatic carbocycles. The summed E-state index contributed by atoms with van der Waals surface area (Å²) in [5, 5.41) is 11.3. The molecule has 0 radical (unpaired) electrons. The zero-order valence-corrected chi connectivity index (χ0v) is 15.5. The number of rotatable bonds is 6. The maximum Gasteiger partial charge on any atom is 0.325 e. The molecule has 8 nitrogen and oxygen atoms in total. The molecule has 1 aliphatic rings. The Labute approximate surface area is 156 Å². The van der Waals surface area contributed by atoms with E-state index in [0.717, 1.165) is 4.90 Å². The highest BCUT2D eigenvalue weighted by molar-refractivity contribution is 6.30. The molecule has 1 aliphatic heterocycles. The Hall–Kier alpha value is -2.61. The molecular weight excluding hydrogens is 358 g/mol. The molecule has 1 fully saturated rings. The summed E-state index contributed by atoms with van der Waals surface area (Å²) in [6, 6.07) is 4.15. The average Bonchev–Trinajstić information content (AvgIpc) is 3.16. The summed E-state index contributed by atoms with van der Waals surface area (Å²) in [7, 11) is 1.53. The SMILES string of the molecule is COc1ccc(Cl)cc1CN1C(=O)NC(Cc2cn(C(C)C)nn2)C1=O. The highest BCUT2D eigenvalue weighted by Gasteiger charge is 2.38. The molecule has 2 heterocycles. The van der Waals surface area contributed by atoms with Crippen molar-refractivity contribution in [3.63, 3.8) is 0 Å². The fourth-order valence-electron chi connectivity index (χ4n) is 2.77. The second-order valence-electron chi connectivity index (χ2n) is 6.37. The molecule has 3 rings (SSSR count). The molecule has 1 unspecified atom stereocenters. The van der Waals surface area contributed by atoms with E-state index in [1.807, 2.05) is 13.8 Å². The third-order valence-corrected chi connectivity index (χ3v) is 4.41. The Morgan fingerprint density at radius 2 is 2.12 bits per heavy atom. The van der Waals surface area contributed by atoms with Crippen molar-refractivity contribution in [2.45, 2.75) is 38.9 Å². The van der Waals surface area contributed by atoms with Gasteiger partial charge in [-0.2, -0.15) is 0 Å². The fourth-order valence-corrected chi connectivity index (χ4v) is 2.97. The molecule has 1 saturated heterocycles. The second kappa shape index (κ2) is 7.33. The van der Waals surface area contributed by atoms with Crippen LogP contribution in [-0.4, -0.2) is 45.0 Å². The average molecular weight is 378 g/mol. The van der Waals surface area contributed by atoms with Gasteiger partial charge in [0.05, 0.1) is 19.3 Å². The lowest BCUT2D eigenvalue weighted by Crippen LogP contribution is -2.32. The van der Waals surface area contributed by atoms with Gasteiger partial charge in [0.1, 0.15) is 11.8 Å². The molecule has 138 valence electrons. The van der Waals surface area contributed by atoms with Gasteiger partial charge in [-0.3, -0.25) is 9.69 Å². The van der Waals surface area contributed by atoms with Crippen molar-refractivity contribution >= 4 is 23.5 Å². The summed E-state index contributed by atoms with van der Waals surface area (Å²) >= 11 is 6.02. The number of methoxy groups -OCH3 is 1. The molecule has 0 saturated carbocycles. The summed E-state index contributed by atoms with van der Waals surface area (Å²) in [6.45, 7) is 4.06. The van der Waals surface area contributed by atoms with E-state index in [1.165, 1.54) is 7.11 Å². The maximum atomic E-state index is 12.7. The molecule has 0 bridgehead atoms. The number of hydrogen-bond acceptors (Lipinski definition) is 5. The number of aromatic nitrogens is 3. The minimum atomic E-state index is -0.662. The Morgan fingerprint density at radius 3 is 2.77 bits per heavy atom. The van der Waals surface area contributed by atoms with Crippen molar-refractivity contribution in [1.29, 1.82) is 0 Å². The number of nitrogens with zero attached hydrogens (tertiary/aromatic N) is 4. The molecule has 26 heavy (non-hydrogen) atoms. The Morgan fingerprint density at radius 1 is 1.35 bits per heavy atom. The number of carbonyl (C=O) groups is 2. The number of imide groups is 1. The first-order chi connectivity index (χ1) is 12.4. The van der Waals surface area contributed by atoms with Gasteiger partial charge in [-0.05, 0) is 32.0 Å². The van der Waals surface area contributed by atoms with Crippen LogP contribution in [-0.2, 0) is 17.8 Å². The largest absolute Gasteiger partial charge is 0.496 e. The number of ether oxygens (including phenoxy) is 1. The van der Waals surface area contributed by atoms with E-state index in [4.69, 9.17) is 16.3 Å². The van der Waals surface area contributed by atoms with Crippen LogP contribution >= 0.6 is 11.6 Å². The maximum absolute atomic E-state index is 12.7. The molecule has 1 N–H and O–H groups in total. The number of nitrogens with one attached hydrogen (secondary N) is 1. The van der Waals surface area contributed by atoms with Gasteiger partial charge in [-0.25, -0.2) is 9.48 Å². The van der Waals surface area contributed by atoms with Gasteiger partial charge in [0.2, 0.25) is 0 Å². The van der Waals surface area contributed by atoms with E-state index in [9.17, 15) is 9.59 Å². The number of carbonyl (C=O) groups excluding carboxylic acids is 2. The van der Waals surface area contributed by atoms with E-state index in [-0.39, 0.29) is 18.5 Å². The third-order valence-electron chi connectivity index (χ3n) is 4.18. The Balaban J connectivity index is 1.73. The summed E-state index contributed by atoms with van der Waals surface area (Å²) in [5.41, 5.74) is 1.31. The summed E-state index contributed by atoms with van der Waals surface area (Å²) in [4.78, 5) is 26.1. The first kappa shape index (κ1) is 18.2. The topological polar surface area (TPSA) is 89.3 Å². The zero-order valence-electron chi connectivity index (χ0n) is 14.8. The van der Waals surface area contributed by atoms with Crippen molar-refractivity contribution in [1.82, 2.24) is 25.2 Å². The van der Waals surface area contributed by atoms with E-state index in [2.05, 4.69) is 15.6 Å². The van der Waals surface area contributed by atoms with Crippen molar-refractivity contribution in [2.75, 3.05) is 7.11 Å². The van der Waals surface area contributed by atoms with Gasteiger partial charge in [0.15, 0.2) is 0 Å². The van der Waals surface area contributed by atoms with Crippen molar-refractivity contribution < 1.29 is 14.3 Å². The van der Waals surface area contributed by atoms with E-state index in [0.29, 0.717) is 28.5 Å². The predicted octanol–water partition coefficient (Wildman–Crippen LogP) is 2.18. The lowest BCUT2D eigenvalue weighted by atomic mass is 10.1. The van der Waals surface area contributed by atoms with Gasteiger partial charge < -0.3 is 10.1 Å². The molecule has 3 amide bonds. The lowest BCUT2D eigenvalue weighted by Gasteiger charge is -2.15. The van der Waals surface area contributed by atoms with Crippen LogP contribution in [0.15, 0.2) is 24.4 Å². The first-order valence-corrected chi connectivity index (χ1v) is 8.62. The number of hydrogen-bond donors (Lipinski definition) is 1. The Bertz CT molecular complexity index is 836. The molecule has 1 aromatic heterocycles. The Kier molecular flexibility index (Phi) is 5.13. The highest BCUT2D eigenvalue weighted by Crippen LogP contribution is 2.25. The van der Waals surface area contributed by atoms with Crippen molar-refractivity contribution in [3.05, 3.63) is 40.7 Å². The predicted molar refractivity (Wildman–Crippen MR) is 95.0 cm³/mol. The van der Waals surface area contributed by atoms with Crippen LogP contribution in [0.1, 0.15) is 31.1 Å². The quantitative estimate of drug-likeness (QED) is 0.779. The van der Waals surface area contributed by atoms with Crippen molar-refractivity contribution in [3.8, 4) is 5.75 Å². The first-order valence-electron chi connectivity index (χ1n) is 8.24. The van der Waals surface area contributed by atoms with Gasteiger partial charge in [-0.1, -0.05) is 16.8 Å². The monoisotopic (exact) mass is 377 g/mol. The minimum Gasteiger partial charge on any atom is -0.496 e. The zero-order chi connectivity index (χ0) is 18.8. The third kappa shape index (κ3) is 3.65. The van der Waals surface area contributed by atoms with E-state index >= 15 is 0 Å². The number of amides is 3. The van der Waals surface area contributed by atoms with Crippen LogP contribution in [0.2, 0.25) is 5.02 Å². The number of halogens is 1. The van der Waals surface area contributed by atoms with Crippen LogP contribution in [0.5, 0.6) is 5.75 Å². The molecule has 0 spiro atoms. The van der Waals surface area contributed by atoms with Crippen LogP contribution in [0.4, 0.5) is 4.79 Å². The van der Waals surface area contributed by atoms with Crippen molar-refractivity contribution in [2.24, 2.45) is 0 Å². The summed E-state index contributed by atoms with van der Waals surface area (Å²) < 4.78 is 6.99. The van der Waals surface area contributed by atoms with Gasteiger partial charge >= 0.3 is 6.03 Å². The van der Waals surface area contributed by atoms with Crippen LogP contribution in [0.25, 0.3) is 0 Å². The van der Waals surface area contributed by atoms with E-state index < -0.39 is 12.1 Å². The second-order valence-corrected chi connectivity index (χ2v) is 6.81. The normalized spacial score (nSPS) is 17.1. The standard InChI is InChI=1S/C17H20ClN5O3/c1-10(2)23-9-13(20-21-23)7-14-16(24)22(17(25)19-14)8-11-6-12(18)4-5-15(11)26-3/h4-6,9-10,14H,7-8H2,1-3H3,(H,19,25). The van der Waals surface area contributed by atoms with Gasteiger partial charge in [-0.15, -0.1) is 5.10 Å². The number of urea groups is 1. The van der Waals surface area contributed by atoms with Crippen LogP contribution in [0.3, 0.4) is 0 Å². The van der Waals surface area contributed by atoms with Crippen LogP contribution < -0.4 is 10.1 Å². The van der Waals surface area contributed by atoms with Gasteiger partial charge in [0, 0.05) is 29.2 Å². The lowest BCUT2D eigenvalue weighted by molar-refractivity contribution is -0.127. The summed E-state index contributed by atoms with van der Waals surface area (Å²) in [5.74, 6) is 0.259. The minimum absolute atomic E-state index is 0.0869. The molecule has 2 aromatic rings. The highest BCUT2D eigenvalue weighted by atomic mass is 35.5. The fraction of sp³-hybridized carbons (Fsp3) is 0.412. The number of benzene rings is 1. The molecule has 1 atom stereocenters. The molecule has 9 heteroatoms. The van der Waals surface area contributed by atoms with Crippen LogP contribution in [0, 0.1) is 0 Å². The smallest absolute Gasteiger partial charge is 0.325 e. The summed E-state index contributed by atoms with van der Waals surface area (Å²) in [6.07, 6.45) is 2.08. The molecule has 1 aromatic carbocycles. The molecular formula is C17H20ClN5O3.